The van der Waals surface area contributed by atoms with Gasteiger partial charge < -0.3 is 10.2 Å². The maximum Gasteiger partial charge on any atom is 0.261 e. The molecule has 0 spiro atoms. The van der Waals surface area contributed by atoms with Crippen molar-refractivity contribution >= 4 is 22.7 Å². The quantitative estimate of drug-likeness (QED) is 0.899. The number of aromatic nitrogens is 2. The highest BCUT2D eigenvalue weighted by Gasteiger charge is 2.17. The summed E-state index contributed by atoms with van der Waals surface area (Å²) in [5, 5.41) is 3.02. The normalized spacial score (nSPS) is 14.2. The number of fused-ring (bicyclic) bond motifs is 2. The fourth-order valence-corrected chi connectivity index (χ4v) is 3.31. The van der Waals surface area contributed by atoms with Crippen molar-refractivity contribution in [3.63, 3.8) is 0 Å². The fraction of sp³-hybridized carbons (Fsp3) is 0.474. The number of carbonyl (C=O) groups excluding carboxylic acids is 2. The summed E-state index contributed by atoms with van der Waals surface area (Å²) in [6.45, 7) is 0.681. The summed E-state index contributed by atoms with van der Waals surface area (Å²) >= 11 is 0. The number of benzene rings is 1. The Labute approximate surface area is 152 Å². The van der Waals surface area contributed by atoms with E-state index in [1.807, 2.05) is 0 Å². The largest absolute Gasteiger partial charge is 0.358 e. The Morgan fingerprint density at radius 1 is 1.23 bits per heavy atom. The van der Waals surface area contributed by atoms with E-state index in [9.17, 15) is 14.4 Å². The van der Waals surface area contributed by atoms with Gasteiger partial charge in [0, 0.05) is 32.6 Å². The van der Waals surface area contributed by atoms with E-state index in [1.165, 1.54) is 11.9 Å². The van der Waals surface area contributed by atoms with Gasteiger partial charge in [-0.25, -0.2) is 4.98 Å². The van der Waals surface area contributed by atoms with Crippen LogP contribution in [0.2, 0.25) is 0 Å². The lowest BCUT2D eigenvalue weighted by Gasteiger charge is -2.18. The summed E-state index contributed by atoms with van der Waals surface area (Å²) in [4.78, 5) is 42.9. The molecule has 2 heterocycles. The van der Waals surface area contributed by atoms with Crippen molar-refractivity contribution in [2.45, 2.75) is 38.6 Å². The van der Waals surface area contributed by atoms with Gasteiger partial charge in [-0.15, -0.1) is 0 Å². The van der Waals surface area contributed by atoms with E-state index in [0.717, 1.165) is 37.9 Å². The molecule has 1 N–H and O–H groups in total. The van der Waals surface area contributed by atoms with Gasteiger partial charge in [-0.1, -0.05) is 12.8 Å². The van der Waals surface area contributed by atoms with Crippen LogP contribution in [-0.4, -0.2) is 46.9 Å². The number of rotatable bonds is 3. The number of amides is 2. The summed E-state index contributed by atoms with van der Waals surface area (Å²) < 4.78 is 1.78. The fourth-order valence-electron chi connectivity index (χ4n) is 3.31. The summed E-state index contributed by atoms with van der Waals surface area (Å²) in [5.41, 5.74) is 0.928. The topological polar surface area (TPSA) is 84.3 Å². The lowest BCUT2D eigenvalue weighted by atomic mass is 10.1. The maximum atomic E-state index is 12.8. The predicted octanol–water partition coefficient (Wildman–Crippen LogP) is 1.33. The van der Waals surface area contributed by atoms with Gasteiger partial charge in [-0.3, -0.25) is 19.0 Å². The van der Waals surface area contributed by atoms with Gasteiger partial charge in [0.1, 0.15) is 5.82 Å². The van der Waals surface area contributed by atoms with Gasteiger partial charge in [-0.2, -0.15) is 0 Å². The van der Waals surface area contributed by atoms with Crippen molar-refractivity contribution in [1.29, 1.82) is 0 Å². The summed E-state index contributed by atoms with van der Waals surface area (Å²) in [6.07, 6.45) is 5.07. The van der Waals surface area contributed by atoms with Crippen LogP contribution in [0.4, 0.5) is 0 Å². The zero-order valence-corrected chi connectivity index (χ0v) is 15.2. The lowest BCUT2D eigenvalue weighted by molar-refractivity contribution is -0.121. The van der Waals surface area contributed by atoms with Crippen molar-refractivity contribution in [2.24, 2.45) is 0 Å². The van der Waals surface area contributed by atoms with E-state index in [-0.39, 0.29) is 23.9 Å². The van der Waals surface area contributed by atoms with E-state index in [2.05, 4.69) is 10.3 Å². The van der Waals surface area contributed by atoms with Crippen molar-refractivity contribution in [3.8, 4) is 0 Å². The molecule has 7 nitrogen and oxygen atoms in total. The van der Waals surface area contributed by atoms with Gasteiger partial charge in [0.25, 0.3) is 11.5 Å². The van der Waals surface area contributed by atoms with Gasteiger partial charge in [0.15, 0.2) is 0 Å². The van der Waals surface area contributed by atoms with Crippen LogP contribution in [0.25, 0.3) is 10.9 Å². The number of carbonyl (C=O) groups is 2. The molecule has 0 aliphatic carbocycles. The first-order valence-electron chi connectivity index (χ1n) is 9.01. The van der Waals surface area contributed by atoms with E-state index >= 15 is 0 Å². The van der Waals surface area contributed by atoms with Gasteiger partial charge >= 0.3 is 0 Å². The molecule has 0 radical (unpaired) electrons. The molecular formula is C19H24N4O3. The highest BCUT2D eigenvalue weighted by atomic mass is 16.2. The van der Waals surface area contributed by atoms with Gasteiger partial charge in [-0.05, 0) is 31.0 Å². The molecule has 3 rings (SSSR count). The molecule has 1 aromatic carbocycles. The molecule has 26 heavy (non-hydrogen) atoms. The molecule has 1 aliphatic heterocycles. The third-order valence-electron chi connectivity index (χ3n) is 4.82. The molecule has 2 amide bonds. The Kier molecular flexibility index (Phi) is 5.35. The number of nitrogens with one attached hydrogen (secondary N) is 1. The molecule has 0 bridgehead atoms. The van der Waals surface area contributed by atoms with Crippen LogP contribution in [0.1, 0.15) is 41.9 Å². The van der Waals surface area contributed by atoms with Crippen LogP contribution in [0, 0.1) is 0 Å². The minimum Gasteiger partial charge on any atom is -0.358 e. The van der Waals surface area contributed by atoms with Crippen molar-refractivity contribution in [3.05, 3.63) is 39.9 Å². The number of nitrogens with zero attached hydrogens (tertiary/aromatic N) is 3. The lowest BCUT2D eigenvalue weighted by Crippen LogP contribution is -2.36. The zero-order valence-electron chi connectivity index (χ0n) is 15.2. The van der Waals surface area contributed by atoms with Gasteiger partial charge in [0.2, 0.25) is 5.91 Å². The predicted molar refractivity (Wildman–Crippen MR) is 99.2 cm³/mol. The van der Waals surface area contributed by atoms with Gasteiger partial charge in [0.05, 0.1) is 17.4 Å². The highest BCUT2D eigenvalue weighted by molar-refractivity contribution is 5.99. The second-order valence-electron chi connectivity index (χ2n) is 6.72. The molecule has 0 saturated carbocycles. The minimum atomic E-state index is -0.274. The monoisotopic (exact) mass is 356 g/mol. The summed E-state index contributed by atoms with van der Waals surface area (Å²) in [5.74, 6) is 0.286. The Balaban J connectivity index is 1.98. The molecule has 0 unspecified atom stereocenters. The Bertz CT molecular complexity index is 904. The Morgan fingerprint density at radius 3 is 2.77 bits per heavy atom. The Morgan fingerprint density at radius 2 is 2.00 bits per heavy atom. The van der Waals surface area contributed by atoms with Crippen LogP contribution in [0.15, 0.2) is 23.0 Å². The first kappa shape index (κ1) is 18.1. The van der Waals surface area contributed by atoms with Crippen LogP contribution in [0.3, 0.4) is 0 Å². The molecule has 7 heteroatoms. The van der Waals surface area contributed by atoms with Crippen LogP contribution >= 0.6 is 0 Å². The van der Waals surface area contributed by atoms with E-state index < -0.39 is 0 Å². The molecule has 1 aliphatic rings. The molecule has 1 aromatic heterocycles. The molecule has 0 saturated heterocycles. The number of hydrogen-bond donors (Lipinski definition) is 1. The third kappa shape index (κ3) is 3.61. The maximum absolute atomic E-state index is 12.8. The van der Waals surface area contributed by atoms with Crippen molar-refractivity contribution in [1.82, 2.24) is 19.8 Å². The SMILES string of the molecule is CNC(=O)CN(C)C(=O)c1ccc2c(=O)n3c(nc2c1)CCCCCC3. The van der Waals surface area contributed by atoms with E-state index in [1.54, 1.807) is 29.8 Å². The molecule has 0 fully saturated rings. The van der Waals surface area contributed by atoms with Crippen molar-refractivity contribution in [2.75, 3.05) is 20.6 Å². The van der Waals surface area contributed by atoms with Crippen molar-refractivity contribution < 1.29 is 9.59 Å². The van der Waals surface area contributed by atoms with E-state index in [4.69, 9.17) is 0 Å². The van der Waals surface area contributed by atoms with Crippen LogP contribution in [0.5, 0.6) is 0 Å². The smallest absolute Gasteiger partial charge is 0.261 e. The molecular weight excluding hydrogens is 332 g/mol. The van der Waals surface area contributed by atoms with Crippen LogP contribution < -0.4 is 10.9 Å². The molecule has 2 aromatic rings. The molecule has 138 valence electrons. The van der Waals surface area contributed by atoms with E-state index in [0.29, 0.717) is 23.0 Å². The number of likely N-dealkylation sites (N-methyl/N-ethyl adjacent to an activating group) is 2. The minimum absolute atomic E-state index is 0.0202. The Hall–Kier alpha value is -2.70. The highest BCUT2D eigenvalue weighted by Crippen LogP contribution is 2.17. The second-order valence-corrected chi connectivity index (χ2v) is 6.72. The first-order chi connectivity index (χ1) is 12.5. The van der Waals surface area contributed by atoms with Crippen LogP contribution in [-0.2, 0) is 17.8 Å². The summed E-state index contributed by atoms with van der Waals surface area (Å²) in [7, 11) is 3.10. The second kappa shape index (κ2) is 7.68. The standard InChI is InChI=1S/C19H24N4O3/c1-20-17(24)12-22(2)18(25)13-8-9-14-15(11-13)21-16-7-5-3-4-6-10-23(16)19(14)26/h8-9,11H,3-7,10,12H2,1-2H3,(H,20,24). The molecule has 0 atom stereocenters. The zero-order chi connectivity index (χ0) is 18.7. The number of hydrogen-bond acceptors (Lipinski definition) is 4. The summed E-state index contributed by atoms with van der Waals surface area (Å²) in [6, 6.07) is 4.95. The third-order valence-corrected chi connectivity index (χ3v) is 4.82. The average Bonchev–Trinajstić information content (AvgIpc) is 2.62. The number of aryl methyl sites for hydroxylation is 1. The average molecular weight is 356 g/mol. The first-order valence-corrected chi connectivity index (χ1v) is 9.01.